The summed E-state index contributed by atoms with van der Waals surface area (Å²) in [6, 6.07) is 13.8. The molecular formula is C21H20FN3OS. The van der Waals surface area contributed by atoms with Crippen molar-refractivity contribution in [3.05, 3.63) is 65.5 Å². The lowest BCUT2D eigenvalue weighted by Crippen LogP contribution is -2.42. The van der Waals surface area contributed by atoms with Gasteiger partial charge in [-0.3, -0.25) is 9.79 Å². The first-order valence-electron chi connectivity index (χ1n) is 9.05. The van der Waals surface area contributed by atoms with E-state index in [2.05, 4.69) is 13.8 Å². The molecule has 0 spiro atoms. The van der Waals surface area contributed by atoms with Gasteiger partial charge in [-0.25, -0.2) is 14.3 Å². The molecule has 2 unspecified atom stereocenters. The smallest absolute Gasteiger partial charge is 0.259 e. The van der Waals surface area contributed by atoms with Gasteiger partial charge in [-0.15, -0.1) is 0 Å². The zero-order valence-electron chi connectivity index (χ0n) is 15.2. The maximum Gasteiger partial charge on any atom is 0.259 e. The van der Waals surface area contributed by atoms with E-state index in [-0.39, 0.29) is 23.7 Å². The molecule has 2 aliphatic heterocycles. The molecule has 6 heteroatoms. The van der Waals surface area contributed by atoms with E-state index in [0.717, 1.165) is 23.2 Å². The van der Waals surface area contributed by atoms with Gasteiger partial charge < -0.3 is 0 Å². The number of nitrogens with zero attached hydrogens (tertiary/aromatic N) is 3. The number of amides is 1. The number of rotatable bonds is 4. The highest BCUT2D eigenvalue weighted by atomic mass is 32.2. The second-order valence-electron chi connectivity index (χ2n) is 6.78. The molecular weight excluding hydrogens is 361 g/mol. The van der Waals surface area contributed by atoms with Crippen LogP contribution in [0.4, 0.5) is 10.1 Å². The number of carbonyl (C=O) groups is 1. The van der Waals surface area contributed by atoms with E-state index in [1.807, 2.05) is 24.3 Å². The van der Waals surface area contributed by atoms with Crippen LogP contribution in [0, 0.1) is 11.7 Å². The average Bonchev–Trinajstić information content (AvgIpc) is 3.04. The molecule has 0 saturated heterocycles. The number of amidine groups is 2. The monoisotopic (exact) mass is 381 g/mol. The Bertz CT molecular complexity index is 939. The van der Waals surface area contributed by atoms with Gasteiger partial charge in [0.1, 0.15) is 17.7 Å². The molecule has 138 valence electrons. The van der Waals surface area contributed by atoms with Crippen molar-refractivity contribution in [3.63, 3.8) is 0 Å². The quantitative estimate of drug-likeness (QED) is 0.766. The summed E-state index contributed by atoms with van der Waals surface area (Å²) in [5.41, 5.74) is 2.70. The number of benzene rings is 2. The Morgan fingerprint density at radius 1 is 1.19 bits per heavy atom. The van der Waals surface area contributed by atoms with Crippen molar-refractivity contribution in [1.29, 1.82) is 0 Å². The maximum atomic E-state index is 13.1. The molecule has 0 radical (unpaired) electrons. The summed E-state index contributed by atoms with van der Waals surface area (Å²) in [7, 11) is 0. The number of fused-ring (bicyclic) bond motifs is 3. The molecule has 1 amide bonds. The first kappa shape index (κ1) is 17.9. The van der Waals surface area contributed by atoms with Crippen LogP contribution in [0.1, 0.15) is 31.4 Å². The molecule has 0 N–H and O–H groups in total. The van der Waals surface area contributed by atoms with E-state index in [1.54, 1.807) is 17.0 Å². The minimum Gasteiger partial charge on any atom is -0.271 e. The van der Waals surface area contributed by atoms with Crippen LogP contribution >= 0.6 is 11.8 Å². The van der Waals surface area contributed by atoms with Gasteiger partial charge in [-0.2, -0.15) is 0 Å². The minimum atomic E-state index is -0.368. The van der Waals surface area contributed by atoms with Crippen molar-refractivity contribution >= 4 is 34.4 Å². The Kier molecular flexibility index (Phi) is 4.83. The van der Waals surface area contributed by atoms with Crippen LogP contribution in [0.15, 0.2) is 58.5 Å². The van der Waals surface area contributed by atoms with E-state index in [0.29, 0.717) is 16.8 Å². The summed E-state index contributed by atoms with van der Waals surface area (Å²) in [5, 5.41) is 0.632. The SMILES string of the molecule is CCC(C)C1N=C2c3ccccc3N=C(SCc3ccc(F)cc3)N2C1=O. The van der Waals surface area contributed by atoms with E-state index >= 15 is 0 Å². The Balaban J connectivity index is 1.67. The fourth-order valence-electron chi connectivity index (χ4n) is 3.19. The van der Waals surface area contributed by atoms with Crippen LogP contribution < -0.4 is 0 Å². The second kappa shape index (κ2) is 7.27. The number of hydrogen-bond donors (Lipinski definition) is 0. The van der Waals surface area contributed by atoms with Gasteiger partial charge in [-0.05, 0) is 35.7 Å². The second-order valence-corrected chi connectivity index (χ2v) is 7.73. The lowest BCUT2D eigenvalue weighted by atomic mass is 10.00. The Labute approximate surface area is 162 Å². The lowest BCUT2D eigenvalue weighted by molar-refractivity contribution is -0.125. The molecule has 0 fully saturated rings. The van der Waals surface area contributed by atoms with Crippen molar-refractivity contribution in [2.75, 3.05) is 0 Å². The van der Waals surface area contributed by atoms with E-state index in [9.17, 15) is 9.18 Å². The third kappa shape index (κ3) is 3.30. The van der Waals surface area contributed by atoms with Crippen LogP contribution in [0.2, 0.25) is 0 Å². The first-order chi connectivity index (χ1) is 13.1. The van der Waals surface area contributed by atoms with Crippen LogP contribution in [0.25, 0.3) is 0 Å². The largest absolute Gasteiger partial charge is 0.271 e. The molecule has 2 atom stereocenters. The predicted molar refractivity (Wildman–Crippen MR) is 108 cm³/mol. The van der Waals surface area contributed by atoms with Crippen LogP contribution in [0.3, 0.4) is 0 Å². The van der Waals surface area contributed by atoms with Crippen LogP contribution in [0.5, 0.6) is 0 Å². The molecule has 4 nitrogen and oxygen atoms in total. The minimum absolute atomic E-state index is 0.0146. The molecule has 2 aromatic carbocycles. The Morgan fingerprint density at radius 2 is 1.93 bits per heavy atom. The summed E-state index contributed by atoms with van der Waals surface area (Å²) >= 11 is 1.47. The number of aliphatic imine (C=N–C) groups is 2. The molecule has 4 rings (SSSR count). The summed E-state index contributed by atoms with van der Waals surface area (Å²) < 4.78 is 13.1. The van der Waals surface area contributed by atoms with Gasteiger partial charge in [0, 0.05) is 11.3 Å². The summed E-state index contributed by atoms with van der Waals surface area (Å²) in [5.74, 6) is 1.20. The van der Waals surface area contributed by atoms with Crippen molar-refractivity contribution in [2.45, 2.75) is 32.1 Å². The van der Waals surface area contributed by atoms with E-state index < -0.39 is 0 Å². The van der Waals surface area contributed by atoms with Crippen molar-refractivity contribution in [1.82, 2.24) is 4.90 Å². The standard InChI is InChI=1S/C21H20FN3OS/c1-3-13(2)18-20(26)25-19(24-18)16-6-4-5-7-17(16)23-21(25)27-12-14-8-10-15(22)11-9-14/h4-11,13,18H,3,12H2,1-2H3. The number of carbonyl (C=O) groups excluding carboxylic acids is 1. The molecule has 2 aliphatic rings. The van der Waals surface area contributed by atoms with Gasteiger partial charge >= 0.3 is 0 Å². The number of thioether (sulfide) groups is 1. The van der Waals surface area contributed by atoms with Gasteiger partial charge in [0.25, 0.3) is 5.91 Å². The van der Waals surface area contributed by atoms with Gasteiger partial charge in [0.2, 0.25) is 0 Å². The summed E-state index contributed by atoms with van der Waals surface area (Å²) in [4.78, 5) is 24.2. The molecule has 2 aromatic rings. The summed E-state index contributed by atoms with van der Waals surface area (Å²) in [6.45, 7) is 4.13. The molecule has 27 heavy (non-hydrogen) atoms. The third-order valence-corrected chi connectivity index (χ3v) is 5.97. The van der Waals surface area contributed by atoms with Gasteiger partial charge in [-0.1, -0.05) is 56.3 Å². The molecule has 0 saturated carbocycles. The third-order valence-electron chi connectivity index (χ3n) is 4.96. The van der Waals surface area contributed by atoms with Gasteiger partial charge in [0.05, 0.1) is 5.69 Å². The van der Waals surface area contributed by atoms with Crippen molar-refractivity contribution < 1.29 is 9.18 Å². The molecule has 2 heterocycles. The highest BCUT2D eigenvalue weighted by molar-refractivity contribution is 8.13. The number of hydrogen-bond acceptors (Lipinski definition) is 4. The summed E-state index contributed by atoms with van der Waals surface area (Å²) in [6.07, 6.45) is 0.887. The normalized spacial score (nSPS) is 19.3. The lowest BCUT2D eigenvalue weighted by Gasteiger charge is -2.26. The first-order valence-corrected chi connectivity index (χ1v) is 10.0. The van der Waals surface area contributed by atoms with Crippen LogP contribution in [-0.4, -0.2) is 27.9 Å². The van der Waals surface area contributed by atoms with Crippen LogP contribution in [-0.2, 0) is 10.5 Å². The van der Waals surface area contributed by atoms with Crippen molar-refractivity contribution in [3.8, 4) is 0 Å². The van der Waals surface area contributed by atoms with E-state index in [4.69, 9.17) is 9.98 Å². The fourth-order valence-corrected chi connectivity index (χ4v) is 4.15. The van der Waals surface area contributed by atoms with Crippen molar-refractivity contribution in [2.24, 2.45) is 15.9 Å². The Hall–Kier alpha value is -2.47. The zero-order chi connectivity index (χ0) is 19.0. The van der Waals surface area contributed by atoms with E-state index in [1.165, 1.54) is 23.9 Å². The topological polar surface area (TPSA) is 45.0 Å². The average molecular weight is 381 g/mol. The molecule has 0 aromatic heterocycles. The molecule has 0 bridgehead atoms. The predicted octanol–water partition coefficient (Wildman–Crippen LogP) is 4.76. The molecule has 0 aliphatic carbocycles. The maximum absolute atomic E-state index is 13.1. The zero-order valence-corrected chi connectivity index (χ0v) is 16.0. The highest BCUT2D eigenvalue weighted by Gasteiger charge is 2.42. The fraction of sp³-hybridized carbons (Fsp3) is 0.286. The number of halogens is 1. The Morgan fingerprint density at radius 3 is 2.67 bits per heavy atom. The highest BCUT2D eigenvalue weighted by Crippen LogP contribution is 2.35. The number of para-hydroxylation sites is 1. The van der Waals surface area contributed by atoms with Gasteiger partial charge in [0.15, 0.2) is 5.17 Å².